The predicted octanol–water partition coefficient (Wildman–Crippen LogP) is 0.868. The zero-order chi connectivity index (χ0) is 8.36. The van der Waals surface area contributed by atoms with Crippen molar-refractivity contribution in [2.45, 2.75) is 33.3 Å². The van der Waals surface area contributed by atoms with Crippen LogP contribution in [0.2, 0.25) is 0 Å². The van der Waals surface area contributed by atoms with Crippen LogP contribution in [-0.2, 0) is 4.79 Å². The number of carbonyl (C=O) groups is 1. The third-order valence-electron chi connectivity index (χ3n) is 1.74. The van der Waals surface area contributed by atoms with Gasteiger partial charge >= 0.3 is 5.97 Å². The molecule has 0 bridgehead atoms. The van der Waals surface area contributed by atoms with E-state index >= 15 is 0 Å². The number of carboxylic acid groups (broad SMARTS) is 1. The number of hydrogen-bond acceptors (Lipinski definition) is 2. The molecule has 0 aromatic rings. The number of aliphatic hydroxyl groups is 1. The van der Waals surface area contributed by atoms with Crippen molar-refractivity contribution >= 4 is 5.97 Å². The molecule has 0 rings (SSSR count). The standard InChI is InChI=1S/C7H14O3/c1-5(8)7(2,3)4-6(9)10/h5,8H,4H2,1-3H3,(H,9,10). The zero-order valence-electron chi connectivity index (χ0n) is 6.59. The number of carboxylic acids is 1. The molecule has 2 N–H and O–H groups in total. The van der Waals surface area contributed by atoms with Gasteiger partial charge in [0.15, 0.2) is 0 Å². The zero-order valence-corrected chi connectivity index (χ0v) is 6.59. The second-order valence-electron chi connectivity index (χ2n) is 3.24. The van der Waals surface area contributed by atoms with Crippen LogP contribution in [0.1, 0.15) is 27.2 Å². The normalized spacial score (nSPS) is 14.8. The van der Waals surface area contributed by atoms with E-state index in [0.29, 0.717) is 0 Å². The van der Waals surface area contributed by atoms with Gasteiger partial charge in [0.1, 0.15) is 0 Å². The molecule has 0 aromatic carbocycles. The molecular formula is C7H14O3. The summed E-state index contributed by atoms with van der Waals surface area (Å²) in [4.78, 5) is 10.2. The van der Waals surface area contributed by atoms with Crippen molar-refractivity contribution in [2.75, 3.05) is 0 Å². The number of aliphatic hydroxyl groups excluding tert-OH is 1. The second kappa shape index (κ2) is 3.01. The molecule has 0 heterocycles. The first-order valence-electron chi connectivity index (χ1n) is 3.26. The van der Waals surface area contributed by atoms with Crippen LogP contribution in [0.25, 0.3) is 0 Å². The van der Waals surface area contributed by atoms with Gasteiger partial charge in [-0.15, -0.1) is 0 Å². The van der Waals surface area contributed by atoms with Gasteiger partial charge in [-0.1, -0.05) is 13.8 Å². The minimum Gasteiger partial charge on any atom is -0.481 e. The van der Waals surface area contributed by atoms with E-state index in [9.17, 15) is 4.79 Å². The van der Waals surface area contributed by atoms with Crippen molar-refractivity contribution in [3.63, 3.8) is 0 Å². The average molecular weight is 146 g/mol. The lowest BCUT2D eigenvalue weighted by atomic mass is 9.84. The maximum absolute atomic E-state index is 10.2. The highest BCUT2D eigenvalue weighted by molar-refractivity contribution is 5.67. The molecular weight excluding hydrogens is 132 g/mol. The van der Waals surface area contributed by atoms with E-state index < -0.39 is 17.5 Å². The van der Waals surface area contributed by atoms with Gasteiger partial charge in [0, 0.05) is 5.41 Å². The van der Waals surface area contributed by atoms with Crippen LogP contribution in [-0.4, -0.2) is 22.3 Å². The van der Waals surface area contributed by atoms with Crippen LogP contribution in [0.15, 0.2) is 0 Å². The van der Waals surface area contributed by atoms with Gasteiger partial charge < -0.3 is 10.2 Å². The molecule has 1 atom stereocenters. The molecule has 0 amide bonds. The summed E-state index contributed by atoms with van der Waals surface area (Å²) in [5.41, 5.74) is -0.522. The predicted molar refractivity (Wildman–Crippen MR) is 37.7 cm³/mol. The molecule has 0 aliphatic carbocycles. The first kappa shape index (κ1) is 9.43. The summed E-state index contributed by atoms with van der Waals surface area (Å²) in [6.07, 6.45) is -0.575. The molecule has 0 spiro atoms. The Morgan fingerprint density at radius 1 is 1.60 bits per heavy atom. The summed E-state index contributed by atoms with van der Waals surface area (Å²) in [6, 6.07) is 0. The Balaban J connectivity index is 3.99. The van der Waals surface area contributed by atoms with Crippen LogP contribution in [0.5, 0.6) is 0 Å². The first-order chi connectivity index (χ1) is 4.36. The van der Waals surface area contributed by atoms with Crippen molar-refractivity contribution in [1.29, 1.82) is 0 Å². The van der Waals surface area contributed by atoms with E-state index in [4.69, 9.17) is 10.2 Å². The van der Waals surface area contributed by atoms with Crippen molar-refractivity contribution in [3.8, 4) is 0 Å². The van der Waals surface area contributed by atoms with Crippen molar-refractivity contribution in [2.24, 2.45) is 5.41 Å². The summed E-state index contributed by atoms with van der Waals surface area (Å²) in [7, 11) is 0. The molecule has 0 aliphatic rings. The molecule has 0 saturated carbocycles. The highest BCUT2D eigenvalue weighted by atomic mass is 16.4. The molecule has 1 unspecified atom stereocenters. The Labute approximate surface area is 60.7 Å². The van der Waals surface area contributed by atoms with Gasteiger partial charge in [-0.25, -0.2) is 0 Å². The second-order valence-corrected chi connectivity index (χ2v) is 3.24. The summed E-state index contributed by atoms with van der Waals surface area (Å²) in [5, 5.41) is 17.5. The van der Waals surface area contributed by atoms with Gasteiger partial charge in [0.2, 0.25) is 0 Å². The molecule has 0 saturated heterocycles. The summed E-state index contributed by atoms with van der Waals surface area (Å²) in [6.45, 7) is 5.06. The Morgan fingerprint density at radius 2 is 2.00 bits per heavy atom. The molecule has 3 nitrogen and oxygen atoms in total. The highest BCUT2D eigenvalue weighted by Crippen LogP contribution is 2.24. The minimum atomic E-state index is -0.870. The van der Waals surface area contributed by atoms with Crippen LogP contribution in [0.3, 0.4) is 0 Å². The van der Waals surface area contributed by atoms with E-state index in [0.717, 1.165) is 0 Å². The van der Waals surface area contributed by atoms with Gasteiger partial charge in [0.25, 0.3) is 0 Å². The molecule has 0 aliphatic heterocycles. The fourth-order valence-electron chi connectivity index (χ4n) is 0.537. The highest BCUT2D eigenvalue weighted by Gasteiger charge is 2.26. The fourth-order valence-corrected chi connectivity index (χ4v) is 0.537. The van der Waals surface area contributed by atoms with Gasteiger partial charge in [0.05, 0.1) is 12.5 Å². The maximum Gasteiger partial charge on any atom is 0.303 e. The lowest BCUT2D eigenvalue weighted by Crippen LogP contribution is -2.29. The van der Waals surface area contributed by atoms with Gasteiger partial charge in [-0.05, 0) is 6.92 Å². The Morgan fingerprint density at radius 3 is 2.10 bits per heavy atom. The molecule has 60 valence electrons. The third-order valence-corrected chi connectivity index (χ3v) is 1.74. The van der Waals surface area contributed by atoms with E-state index in [1.165, 1.54) is 0 Å². The number of aliphatic carboxylic acids is 1. The molecule has 0 aromatic heterocycles. The van der Waals surface area contributed by atoms with Crippen LogP contribution >= 0.6 is 0 Å². The smallest absolute Gasteiger partial charge is 0.303 e. The number of rotatable bonds is 3. The lowest BCUT2D eigenvalue weighted by molar-refractivity contribution is -0.141. The largest absolute Gasteiger partial charge is 0.481 e. The molecule has 3 heteroatoms. The Kier molecular flexibility index (Phi) is 2.84. The Bertz CT molecular complexity index is 127. The fraction of sp³-hybridized carbons (Fsp3) is 0.857. The van der Waals surface area contributed by atoms with Crippen LogP contribution < -0.4 is 0 Å². The van der Waals surface area contributed by atoms with Gasteiger partial charge in [-0.2, -0.15) is 0 Å². The first-order valence-corrected chi connectivity index (χ1v) is 3.26. The van der Waals surface area contributed by atoms with Crippen LogP contribution in [0, 0.1) is 5.41 Å². The van der Waals surface area contributed by atoms with Gasteiger partial charge in [-0.3, -0.25) is 4.79 Å². The van der Waals surface area contributed by atoms with E-state index in [-0.39, 0.29) is 6.42 Å². The third kappa shape index (κ3) is 2.82. The SMILES string of the molecule is CC(O)C(C)(C)CC(=O)O. The van der Waals surface area contributed by atoms with E-state index in [1.54, 1.807) is 20.8 Å². The monoisotopic (exact) mass is 146 g/mol. The lowest BCUT2D eigenvalue weighted by Gasteiger charge is -2.25. The molecule has 0 fully saturated rings. The maximum atomic E-state index is 10.2. The van der Waals surface area contributed by atoms with E-state index in [1.807, 2.05) is 0 Å². The summed E-state index contributed by atoms with van der Waals surface area (Å²) in [5.74, 6) is -0.870. The summed E-state index contributed by atoms with van der Waals surface area (Å²) < 4.78 is 0. The average Bonchev–Trinajstić information content (AvgIpc) is 1.60. The molecule has 10 heavy (non-hydrogen) atoms. The quantitative estimate of drug-likeness (QED) is 0.621. The summed E-state index contributed by atoms with van der Waals surface area (Å²) >= 11 is 0. The van der Waals surface area contributed by atoms with Crippen molar-refractivity contribution < 1.29 is 15.0 Å². The van der Waals surface area contributed by atoms with Crippen molar-refractivity contribution in [3.05, 3.63) is 0 Å². The minimum absolute atomic E-state index is 0.00463. The van der Waals surface area contributed by atoms with Crippen LogP contribution in [0.4, 0.5) is 0 Å². The van der Waals surface area contributed by atoms with Crippen molar-refractivity contribution in [1.82, 2.24) is 0 Å². The Hall–Kier alpha value is -0.570. The topological polar surface area (TPSA) is 57.5 Å². The van der Waals surface area contributed by atoms with E-state index in [2.05, 4.69) is 0 Å². The molecule has 0 radical (unpaired) electrons. The number of hydrogen-bond donors (Lipinski definition) is 2.